The number of ether oxygens (including phenoxy) is 2. The number of nitriles is 2. The Morgan fingerprint density at radius 1 is 0.621 bits per heavy atom. The van der Waals surface area contributed by atoms with Crippen LogP contribution in [-0.4, -0.2) is 73.5 Å². The monoisotopic (exact) mass is 797 g/mol. The molecule has 0 aliphatic carbocycles. The minimum absolute atomic E-state index is 0.0647. The molecule has 2 aromatic carbocycles. The third kappa shape index (κ3) is 18.3. The molecule has 0 saturated carbocycles. The van der Waals surface area contributed by atoms with Gasteiger partial charge < -0.3 is 29.9 Å². The molecule has 10 nitrogen and oxygen atoms in total. The largest absolute Gasteiger partial charge is 0.376 e. The molecule has 2 rings (SSSR count). The van der Waals surface area contributed by atoms with E-state index in [4.69, 9.17) is 9.47 Å². The average Bonchev–Trinajstić information content (AvgIpc) is 3.14. The van der Waals surface area contributed by atoms with Crippen LogP contribution in [0.2, 0.25) is 0 Å². The normalized spacial score (nSPS) is 12.7. The Balaban J connectivity index is 1.88. The predicted octanol–water partition coefficient (Wildman–Crippen LogP) is 9.61. The van der Waals surface area contributed by atoms with Crippen molar-refractivity contribution in [2.24, 2.45) is 0 Å². The smallest absolute Gasteiger partial charge is 0.262 e. The lowest BCUT2D eigenvalue weighted by Gasteiger charge is -2.31. The Bertz CT molecular complexity index is 1730. The molecular weight excluding hydrogens is 725 g/mol. The van der Waals surface area contributed by atoms with Gasteiger partial charge in [0.25, 0.3) is 11.8 Å². The van der Waals surface area contributed by atoms with Crippen LogP contribution in [0.3, 0.4) is 0 Å². The molecule has 0 aromatic heterocycles. The molecule has 0 aliphatic heterocycles. The molecule has 0 saturated heterocycles. The number of unbranched alkanes of at least 4 members (excludes halogenated alkanes) is 1. The summed E-state index contributed by atoms with van der Waals surface area (Å²) in [6.07, 6.45) is 8.36. The minimum atomic E-state index is -0.567. The van der Waals surface area contributed by atoms with Gasteiger partial charge in [-0.25, -0.2) is 0 Å². The highest BCUT2D eigenvalue weighted by Crippen LogP contribution is 2.24. The van der Waals surface area contributed by atoms with Crippen molar-refractivity contribution in [1.82, 2.24) is 10.6 Å². The van der Waals surface area contributed by atoms with Gasteiger partial charge in [-0.3, -0.25) is 9.59 Å². The first-order chi connectivity index (χ1) is 27.2. The van der Waals surface area contributed by atoms with Gasteiger partial charge >= 0.3 is 0 Å². The number of hydrogen-bond acceptors (Lipinski definition) is 8. The number of amides is 2. The van der Waals surface area contributed by atoms with Crippen LogP contribution in [0.15, 0.2) is 59.7 Å². The lowest BCUT2D eigenvalue weighted by molar-refractivity contribution is -0.119. The van der Waals surface area contributed by atoms with Crippen LogP contribution < -0.4 is 20.4 Å². The average molecular weight is 797 g/mol. The van der Waals surface area contributed by atoms with Crippen LogP contribution in [0.1, 0.15) is 133 Å². The lowest BCUT2D eigenvalue weighted by Crippen LogP contribution is -2.45. The Hall–Kier alpha value is -4.64. The van der Waals surface area contributed by atoms with Crippen molar-refractivity contribution in [2.45, 2.75) is 144 Å². The Morgan fingerprint density at radius 3 is 1.45 bits per heavy atom. The van der Waals surface area contributed by atoms with E-state index in [0.29, 0.717) is 26.1 Å². The number of benzene rings is 2. The zero-order valence-electron chi connectivity index (χ0n) is 37.7. The molecule has 2 aromatic rings. The number of hydrogen-bond donors (Lipinski definition) is 2. The van der Waals surface area contributed by atoms with Crippen molar-refractivity contribution in [3.05, 3.63) is 70.8 Å². The zero-order valence-corrected chi connectivity index (χ0v) is 37.7. The molecule has 0 heterocycles. The van der Waals surface area contributed by atoms with E-state index in [-0.39, 0.29) is 22.3 Å². The van der Waals surface area contributed by atoms with E-state index in [1.807, 2.05) is 84.9 Å². The van der Waals surface area contributed by atoms with Crippen LogP contribution in [0.25, 0.3) is 12.2 Å². The standard InChI is InChI=1S/C48H72N6O4/c1-13-29-54(42-24-20-38(21-25-42)34-40(36-50)43(55)51-46(7,8)27-31-57-45(4,5)6)30-17-16-26-48(11,12)58-32-28-47(9,10)52-44(56)39(35-49)33-37-18-22-41(23-19-37)53(14-2)15-3/h18-25,33-34H,13-17,26-32H2,1-12H3,(H,51,55)(H,52,56). The summed E-state index contributed by atoms with van der Waals surface area (Å²) < 4.78 is 12.2. The molecule has 0 unspecified atom stereocenters. The van der Waals surface area contributed by atoms with Crippen molar-refractivity contribution in [3.63, 3.8) is 0 Å². The van der Waals surface area contributed by atoms with Crippen molar-refractivity contribution in [1.29, 1.82) is 10.5 Å². The summed E-state index contributed by atoms with van der Waals surface area (Å²) >= 11 is 0. The van der Waals surface area contributed by atoms with Gasteiger partial charge in [-0.15, -0.1) is 0 Å². The van der Waals surface area contributed by atoms with Crippen LogP contribution in [-0.2, 0) is 19.1 Å². The van der Waals surface area contributed by atoms with Gasteiger partial charge in [-0.2, -0.15) is 10.5 Å². The quantitative estimate of drug-likeness (QED) is 0.0611. The van der Waals surface area contributed by atoms with Gasteiger partial charge in [0, 0.05) is 61.8 Å². The fourth-order valence-corrected chi connectivity index (χ4v) is 6.42. The van der Waals surface area contributed by atoms with Gasteiger partial charge in [0.1, 0.15) is 23.3 Å². The SMILES string of the molecule is CCCN(CCCCC(C)(C)OCCC(C)(C)NC(=O)C(C#N)=Cc1ccc(N(CC)CC)cc1)c1ccc(C=C(C#N)C(=O)NC(C)(C)CCOC(C)(C)C)cc1. The molecule has 0 atom stereocenters. The van der Waals surface area contributed by atoms with Crippen molar-refractivity contribution in [2.75, 3.05) is 49.2 Å². The van der Waals surface area contributed by atoms with E-state index in [1.54, 1.807) is 12.2 Å². The topological polar surface area (TPSA) is 131 Å². The van der Waals surface area contributed by atoms with E-state index >= 15 is 0 Å². The molecule has 2 amide bonds. The summed E-state index contributed by atoms with van der Waals surface area (Å²) in [6.45, 7) is 29.0. The molecule has 0 aliphatic rings. The number of rotatable bonds is 24. The molecule has 0 bridgehead atoms. The third-order valence-electron chi connectivity index (χ3n) is 9.97. The van der Waals surface area contributed by atoms with Crippen LogP contribution >= 0.6 is 0 Å². The molecule has 0 spiro atoms. The fraction of sp³-hybridized carbons (Fsp3) is 0.583. The first kappa shape index (κ1) is 49.5. The lowest BCUT2D eigenvalue weighted by atomic mass is 9.98. The second-order valence-electron chi connectivity index (χ2n) is 17.9. The Kier molecular flexibility index (Phi) is 19.7. The third-order valence-corrected chi connectivity index (χ3v) is 9.97. The maximum absolute atomic E-state index is 13.1. The summed E-state index contributed by atoms with van der Waals surface area (Å²) in [4.78, 5) is 30.7. The number of carbonyl (C=O) groups is 2. The van der Waals surface area contributed by atoms with E-state index < -0.39 is 22.9 Å². The van der Waals surface area contributed by atoms with Gasteiger partial charge in [0.15, 0.2) is 0 Å². The Morgan fingerprint density at radius 2 is 1.05 bits per heavy atom. The van der Waals surface area contributed by atoms with Crippen LogP contribution in [0.4, 0.5) is 11.4 Å². The molecule has 318 valence electrons. The highest BCUT2D eigenvalue weighted by atomic mass is 16.5. The second kappa shape index (κ2) is 23.1. The van der Waals surface area contributed by atoms with E-state index in [2.05, 4.69) is 79.3 Å². The molecule has 58 heavy (non-hydrogen) atoms. The van der Waals surface area contributed by atoms with E-state index in [9.17, 15) is 20.1 Å². The summed E-state index contributed by atoms with van der Waals surface area (Å²) in [5, 5.41) is 25.6. The van der Waals surface area contributed by atoms with Crippen molar-refractivity contribution >= 4 is 35.3 Å². The molecule has 0 radical (unpaired) electrons. The van der Waals surface area contributed by atoms with Gasteiger partial charge in [0.05, 0.1) is 11.2 Å². The highest BCUT2D eigenvalue weighted by molar-refractivity contribution is 6.02. The zero-order chi connectivity index (χ0) is 43.6. The van der Waals surface area contributed by atoms with Crippen molar-refractivity contribution in [3.8, 4) is 12.1 Å². The van der Waals surface area contributed by atoms with E-state index in [0.717, 1.165) is 74.4 Å². The predicted molar refractivity (Wildman–Crippen MR) is 239 cm³/mol. The Labute approximate surface area is 350 Å². The highest BCUT2D eigenvalue weighted by Gasteiger charge is 2.26. The van der Waals surface area contributed by atoms with Gasteiger partial charge in [0.2, 0.25) is 0 Å². The van der Waals surface area contributed by atoms with Gasteiger partial charge in [-0.1, -0.05) is 31.2 Å². The first-order valence-corrected chi connectivity index (χ1v) is 21.0. The molecule has 2 N–H and O–H groups in total. The number of anilines is 2. The van der Waals surface area contributed by atoms with Crippen LogP contribution in [0, 0.1) is 22.7 Å². The molecule has 10 heteroatoms. The summed E-state index contributed by atoms with van der Waals surface area (Å²) in [5.41, 5.74) is 2.26. The van der Waals surface area contributed by atoms with E-state index in [1.165, 1.54) is 0 Å². The fourth-order valence-electron chi connectivity index (χ4n) is 6.42. The number of nitrogens with one attached hydrogen (secondary N) is 2. The number of carbonyl (C=O) groups excluding carboxylic acids is 2. The maximum Gasteiger partial charge on any atom is 0.262 e. The van der Waals surface area contributed by atoms with Gasteiger partial charge in [-0.05, 0) is 162 Å². The first-order valence-electron chi connectivity index (χ1n) is 21.0. The summed E-state index contributed by atoms with van der Waals surface area (Å²) in [5.74, 6) is -0.789. The minimum Gasteiger partial charge on any atom is -0.376 e. The van der Waals surface area contributed by atoms with Crippen LogP contribution in [0.5, 0.6) is 0 Å². The van der Waals surface area contributed by atoms with Crippen molar-refractivity contribution < 1.29 is 19.1 Å². The molecular formula is C48H72N6O4. The summed E-state index contributed by atoms with van der Waals surface area (Å²) in [7, 11) is 0. The second-order valence-corrected chi connectivity index (χ2v) is 17.9. The maximum atomic E-state index is 13.1. The number of nitrogens with zero attached hydrogens (tertiary/aromatic N) is 4. The molecule has 0 fully saturated rings. The summed E-state index contributed by atoms with van der Waals surface area (Å²) in [6, 6.07) is 20.0.